The van der Waals surface area contributed by atoms with E-state index in [2.05, 4.69) is 9.88 Å². The molecule has 0 spiro atoms. The van der Waals surface area contributed by atoms with Gasteiger partial charge in [-0.15, -0.1) is 0 Å². The van der Waals surface area contributed by atoms with Crippen LogP contribution in [0.1, 0.15) is 11.3 Å². The lowest BCUT2D eigenvalue weighted by molar-refractivity contribution is 0.281. The first-order chi connectivity index (χ1) is 7.69. The summed E-state index contributed by atoms with van der Waals surface area (Å²) in [6, 6.07) is 3.78. The van der Waals surface area contributed by atoms with Crippen LogP contribution >= 0.6 is 0 Å². The van der Waals surface area contributed by atoms with Crippen LogP contribution in [0.3, 0.4) is 0 Å². The summed E-state index contributed by atoms with van der Waals surface area (Å²) >= 11 is 0. The zero-order chi connectivity index (χ0) is 11.5. The molecule has 0 aromatic carbocycles. The lowest BCUT2D eigenvalue weighted by atomic mass is 10.2. The number of pyridine rings is 1. The van der Waals surface area contributed by atoms with Crippen molar-refractivity contribution >= 4 is 16.6 Å². The molecule has 1 aliphatic heterocycles. The lowest BCUT2D eigenvalue weighted by Gasteiger charge is -2.27. The van der Waals surface area contributed by atoms with Crippen molar-refractivity contribution in [3.63, 3.8) is 0 Å². The Bertz CT molecular complexity index is 399. The summed E-state index contributed by atoms with van der Waals surface area (Å²) in [7, 11) is -0.666. The van der Waals surface area contributed by atoms with Crippen molar-refractivity contribution in [2.75, 3.05) is 29.5 Å². The van der Waals surface area contributed by atoms with Gasteiger partial charge in [-0.05, 0) is 24.6 Å². The molecule has 2 heterocycles. The fourth-order valence-electron chi connectivity index (χ4n) is 1.84. The summed E-state index contributed by atoms with van der Waals surface area (Å²) in [4.78, 5) is 6.58. The van der Waals surface area contributed by atoms with Crippen molar-refractivity contribution in [2.45, 2.75) is 13.5 Å². The molecule has 0 amide bonds. The first-order valence-electron chi connectivity index (χ1n) is 5.37. The maximum absolute atomic E-state index is 11.3. The zero-order valence-corrected chi connectivity index (χ0v) is 10.2. The van der Waals surface area contributed by atoms with Gasteiger partial charge in [0.2, 0.25) is 0 Å². The normalized spacial score (nSPS) is 17.8. The Morgan fingerprint density at radius 1 is 1.44 bits per heavy atom. The summed E-state index contributed by atoms with van der Waals surface area (Å²) in [6.07, 6.45) is 0. The molecule has 0 radical (unpaired) electrons. The number of hydrogen-bond acceptors (Lipinski definition) is 4. The van der Waals surface area contributed by atoms with Gasteiger partial charge in [-0.1, -0.05) is 0 Å². The van der Waals surface area contributed by atoms with Crippen LogP contribution in [0, 0.1) is 6.92 Å². The number of nitrogens with zero attached hydrogens (tertiary/aromatic N) is 2. The molecule has 1 N–H and O–H groups in total. The molecule has 0 saturated carbocycles. The second-order valence-electron chi connectivity index (χ2n) is 3.97. The molecule has 0 unspecified atom stereocenters. The number of anilines is 1. The second kappa shape index (κ2) is 4.93. The molecule has 1 fully saturated rings. The van der Waals surface area contributed by atoms with E-state index in [1.165, 1.54) is 0 Å². The van der Waals surface area contributed by atoms with Crippen molar-refractivity contribution in [1.29, 1.82) is 0 Å². The topological polar surface area (TPSA) is 53.4 Å². The molecule has 1 aliphatic rings. The number of aliphatic hydroxyl groups is 1. The molecular weight excluding hydrogens is 224 g/mol. The van der Waals surface area contributed by atoms with E-state index < -0.39 is 10.8 Å². The third-order valence-electron chi connectivity index (χ3n) is 2.68. The van der Waals surface area contributed by atoms with E-state index in [0.717, 1.165) is 30.2 Å². The second-order valence-corrected chi connectivity index (χ2v) is 5.66. The molecule has 16 heavy (non-hydrogen) atoms. The van der Waals surface area contributed by atoms with Crippen LogP contribution in [0.25, 0.3) is 0 Å². The fraction of sp³-hybridized carbons (Fsp3) is 0.545. The molecule has 0 atom stereocenters. The number of rotatable bonds is 2. The van der Waals surface area contributed by atoms with Gasteiger partial charge in [-0.2, -0.15) is 0 Å². The number of aryl methyl sites for hydroxylation is 1. The Morgan fingerprint density at radius 3 is 2.75 bits per heavy atom. The quantitative estimate of drug-likeness (QED) is 0.815. The van der Waals surface area contributed by atoms with Crippen molar-refractivity contribution in [3.8, 4) is 0 Å². The Labute approximate surface area is 97.8 Å². The van der Waals surface area contributed by atoms with Crippen LogP contribution in [0.15, 0.2) is 12.1 Å². The molecular formula is C11H16N2O2S. The van der Waals surface area contributed by atoms with Crippen LogP contribution in [0.4, 0.5) is 5.82 Å². The molecule has 1 saturated heterocycles. The summed E-state index contributed by atoms with van der Waals surface area (Å²) in [5.74, 6) is 2.31. The smallest absolute Gasteiger partial charge is 0.129 e. The highest BCUT2D eigenvalue weighted by Gasteiger charge is 2.16. The van der Waals surface area contributed by atoms with Gasteiger partial charge in [0.1, 0.15) is 5.82 Å². The maximum atomic E-state index is 11.3. The van der Waals surface area contributed by atoms with Crippen molar-refractivity contribution in [1.82, 2.24) is 4.98 Å². The Morgan fingerprint density at radius 2 is 2.12 bits per heavy atom. The summed E-state index contributed by atoms with van der Waals surface area (Å²) in [6.45, 7) is 3.53. The van der Waals surface area contributed by atoms with Gasteiger partial charge in [-0.3, -0.25) is 4.21 Å². The lowest BCUT2D eigenvalue weighted by Crippen LogP contribution is -2.38. The summed E-state index contributed by atoms with van der Waals surface area (Å²) in [5.41, 5.74) is 1.79. The molecule has 88 valence electrons. The largest absolute Gasteiger partial charge is 0.392 e. The number of aliphatic hydroxyl groups excluding tert-OH is 1. The molecule has 1 aromatic rings. The molecule has 5 heteroatoms. The van der Waals surface area contributed by atoms with Crippen LogP contribution in [0.2, 0.25) is 0 Å². The molecule has 2 rings (SSSR count). The Hall–Kier alpha value is -0.940. The van der Waals surface area contributed by atoms with Crippen molar-refractivity contribution in [2.24, 2.45) is 0 Å². The standard InChI is InChI=1S/C11H16N2O2S/c1-9-6-10(8-14)7-11(12-9)13-2-4-16(15)5-3-13/h6-7,14H,2-5,8H2,1H3. The van der Waals surface area contributed by atoms with E-state index in [9.17, 15) is 4.21 Å². The van der Waals surface area contributed by atoms with Gasteiger partial charge in [0.25, 0.3) is 0 Å². The van der Waals surface area contributed by atoms with Crippen LogP contribution in [-0.2, 0) is 17.4 Å². The zero-order valence-electron chi connectivity index (χ0n) is 9.35. The summed E-state index contributed by atoms with van der Waals surface area (Å²) in [5, 5.41) is 9.13. The fourth-order valence-corrected chi connectivity index (χ4v) is 2.89. The van der Waals surface area contributed by atoms with Crippen LogP contribution in [-0.4, -0.2) is 38.9 Å². The highest BCUT2D eigenvalue weighted by molar-refractivity contribution is 7.85. The minimum absolute atomic E-state index is 0.0378. The van der Waals surface area contributed by atoms with Gasteiger partial charge in [0.15, 0.2) is 0 Å². The third kappa shape index (κ3) is 2.59. The van der Waals surface area contributed by atoms with E-state index in [-0.39, 0.29) is 6.61 Å². The minimum Gasteiger partial charge on any atom is -0.392 e. The SMILES string of the molecule is Cc1cc(CO)cc(N2CCS(=O)CC2)n1. The van der Waals surface area contributed by atoms with Gasteiger partial charge in [0.05, 0.1) is 6.61 Å². The predicted molar refractivity (Wildman–Crippen MR) is 65.0 cm³/mol. The number of aromatic nitrogens is 1. The monoisotopic (exact) mass is 240 g/mol. The van der Waals surface area contributed by atoms with Gasteiger partial charge < -0.3 is 10.0 Å². The Kier molecular flexibility index (Phi) is 3.56. The van der Waals surface area contributed by atoms with E-state index >= 15 is 0 Å². The number of hydrogen-bond donors (Lipinski definition) is 1. The van der Waals surface area contributed by atoms with Crippen LogP contribution in [0.5, 0.6) is 0 Å². The maximum Gasteiger partial charge on any atom is 0.129 e. The molecule has 4 nitrogen and oxygen atoms in total. The molecule has 0 bridgehead atoms. The van der Waals surface area contributed by atoms with Crippen molar-refractivity contribution < 1.29 is 9.32 Å². The van der Waals surface area contributed by atoms with E-state index in [1.807, 2.05) is 19.1 Å². The predicted octanol–water partition coefficient (Wildman–Crippen LogP) is 0.451. The van der Waals surface area contributed by atoms with Gasteiger partial charge in [0, 0.05) is 41.1 Å². The van der Waals surface area contributed by atoms with Gasteiger partial charge >= 0.3 is 0 Å². The van der Waals surface area contributed by atoms with E-state index in [4.69, 9.17) is 5.11 Å². The van der Waals surface area contributed by atoms with Crippen molar-refractivity contribution in [3.05, 3.63) is 23.4 Å². The average Bonchev–Trinajstić information content (AvgIpc) is 2.29. The first kappa shape index (κ1) is 11.5. The molecule has 1 aromatic heterocycles. The van der Waals surface area contributed by atoms with E-state index in [0.29, 0.717) is 11.5 Å². The highest BCUT2D eigenvalue weighted by Crippen LogP contribution is 2.16. The highest BCUT2D eigenvalue weighted by atomic mass is 32.2. The first-order valence-corrected chi connectivity index (χ1v) is 6.86. The minimum atomic E-state index is -0.666. The van der Waals surface area contributed by atoms with E-state index in [1.54, 1.807) is 0 Å². The Balaban J connectivity index is 2.19. The average molecular weight is 240 g/mol. The van der Waals surface area contributed by atoms with Crippen LogP contribution < -0.4 is 4.90 Å². The molecule has 0 aliphatic carbocycles. The third-order valence-corrected chi connectivity index (χ3v) is 3.96. The van der Waals surface area contributed by atoms with Gasteiger partial charge in [-0.25, -0.2) is 4.98 Å². The summed E-state index contributed by atoms with van der Waals surface area (Å²) < 4.78 is 11.3.